The Morgan fingerprint density at radius 1 is 1.00 bits per heavy atom. The topological polar surface area (TPSA) is 71.4 Å². The van der Waals surface area contributed by atoms with Gasteiger partial charge < -0.3 is 5.11 Å². The van der Waals surface area contributed by atoms with Gasteiger partial charge in [0.2, 0.25) is 0 Å². The van der Waals surface area contributed by atoms with Crippen molar-refractivity contribution in [3.63, 3.8) is 0 Å². The molecule has 0 unspecified atom stereocenters. The quantitative estimate of drug-likeness (QED) is 0.693. The van der Waals surface area contributed by atoms with E-state index in [0.29, 0.717) is 16.9 Å². The Kier molecular flexibility index (Phi) is 3.96. The number of carbonyl (C=O) groups excluding carboxylic acids is 2. The Labute approximate surface area is 119 Å². The Morgan fingerprint density at radius 3 is 2.15 bits per heavy atom. The summed E-state index contributed by atoms with van der Waals surface area (Å²) in [6.07, 6.45) is 0.523. The van der Waals surface area contributed by atoms with Gasteiger partial charge in [0.05, 0.1) is 5.56 Å². The smallest absolute Gasteiger partial charge is 0.335 e. The number of aldehydes is 1. The molecule has 0 aliphatic rings. The number of benzene rings is 2. The maximum Gasteiger partial charge on any atom is 0.335 e. The summed E-state index contributed by atoms with van der Waals surface area (Å²) in [5.74, 6) is -1.58. The zero-order chi connectivity index (χ0) is 14.7. The minimum atomic E-state index is -1.16. The molecule has 2 aromatic carbocycles. The third-order valence-electron chi connectivity index (χ3n) is 2.78. The Morgan fingerprint density at radius 2 is 1.60 bits per heavy atom. The second kappa shape index (κ2) is 5.67. The number of rotatable bonds is 4. The largest absolute Gasteiger partial charge is 0.478 e. The minimum Gasteiger partial charge on any atom is -0.478 e. The first-order valence-electron chi connectivity index (χ1n) is 5.65. The number of aromatic carboxylic acids is 1. The standard InChI is InChI=1S/C15H9ClO4/c16-12-5-3-9(4-6-12)14(18)13-7-10(15(19)20)1-2-11(13)8-17/h1-8H,(H,19,20). The number of carbonyl (C=O) groups is 3. The van der Waals surface area contributed by atoms with Gasteiger partial charge in [-0.3, -0.25) is 9.59 Å². The molecular weight excluding hydrogens is 280 g/mol. The lowest BCUT2D eigenvalue weighted by Gasteiger charge is -2.06. The lowest BCUT2D eigenvalue weighted by Crippen LogP contribution is -2.08. The fourth-order valence-corrected chi connectivity index (χ4v) is 1.87. The zero-order valence-corrected chi connectivity index (χ0v) is 10.9. The van der Waals surface area contributed by atoms with E-state index in [2.05, 4.69) is 0 Å². The molecule has 0 spiro atoms. The van der Waals surface area contributed by atoms with Crippen LogP contribution in [0.1, 0.15) is 36.6 Å². The van der Waals surface area contributed by atoms with Crippen LogP contribution in [0.5, 0.6) is 0 Å². The van der Waals surface area contributed by atoms with Crippen molar-refractivity contribution in [2.45, 2.75) is 0 Å². The first-order valence-corrected chi connectivity index (χ1v) is 6.03. The van der Waals surface area contributed by atoms with Crippen molar-refractivity contribution in [3.8, 4) is 0 Å². The van der Waals surface area contributed by atoms with Gasteiger partial charge in [-0.25, -0.2) is 4.79 Å². The van der Waals surface area contributed by atoms with Crippen LogP contribution in [0.3, 0.4) is 0 Å². The highest BCUT2D eigenvalue weighted by molar-refractivity contribution is 6.30. The van der Waals surface area contributed by atoms with Crippen molar-refractivity contribution in [2.75, 3.05) is 0 Å². The molecule has 5 heteroatoms. The summed E-state index contributed by atoms with van der Waals surface area (Å²) in [7, 11) is 0. The predicted molar refractivity (Wildman–Crippen MR) is 73.7 cm³/mol. The second-order valence-corrected chi connectivity index (χ2v) is 4.50. The Hall–Kier alpha value is -2.46. The molecule has 0 fully saturated rings. The van der Waals surface area contributed by atoms with Crippen LogP contribution >= 0.6 is 11.6 Å². The van der Waals surface area contributed by atoms with Gasteiger partial charge in [0.1, 0.15) is 0 Å². The van der Waals surface area contributed by atoms with Crippen molar-refractivity contribution >= 4 is 29.6 Å². The van der Waals surface area contributed by atoms with E-state index in [1.165, 1.54) is 30.3 Å². The first kappa shape index (κ1) is 14.0. The molecule has 1 N–H and O–H groups in total. The van der Waals surface area contributed by atoms with Gasteiger partial charge in [0.15, 0.2) is 12.1 Å². The molecule has 2 aromatic rings. The average Bonchev–Trinajstić information content (AvgIpc) is 2.46. The van der Waals surface area contributed by atoms with E-state index >= 15 is 0 Å². The molecule has 0 aliphatic heterocycles. The molecule has 0 radical (unpaired) electrons. The van der Waals surface area contributed by atoms with E-state index in [4.69, 9.17) is 16.7 Å². The zero-order valence-electron chi connectivity index (χ0n) is 10.2. The van der Waals surface area contributed by atoms with Crippen molar-refractivity contribution in [2.24, 2.45) is 0 Å². The van der Waals surface area contributed by atoms with E-state index in [1.54, 1.807) is 12.1 Å². The summed E-state index contributed by atoms with van der Waals surface area (Å²) in [5.41, 5.74) is 0.491. The van der Waals surface area contributed by atoms with Crippen LogP contribution in [0, 0.1) is 0 Å². The monoisotopic (exact) mass is 288 g/mol. The maximum absolute atomic E-state index is 12.3. The highest BCUT2D eigenvalue weighted by atomic mass is 35.5. The lowest BCUT2D eigenvalue weighted by atomic mass is 9.97. The van der Waals surface area contributed by atoms with Crippen molar-refractivity contribution in [3.05, 3.63) is 69.7 Å². The molecular formula is C15H9ClO4. The van der Waals surface area contributed by atoms with Crippen LogP contribution < -0.4 is 0 Å². The fraction of sp³-hybridized carbons (Fsp3) is 0. The number of halogens is 1. The molecule has 4 nitrogen and oxygen atoms in total. The van der Waals surface area contributed by atoms with Crippen LogP contribution in [0.2, 0.25) is 5.02 Å². The maximum atomic E-state index is 12.3. The van der Waals surface area contributed by atoms with Gasteiger partial charge in [0.25, 0.3) is 0 Å². The van der Waals surface area contributed by atoms with Crippen LogP contribution in [0.4, 0.5) is 0 Å². The third kappa shape index (κ3) is 2.75. The summed E-state index contributed by atoms with van der Waals surface area (Å²) >= 11 is 5.74. The molecule has 2 rings (SSSR count). The third-order valence-corrected chi connectivity index (χ3v) is 3.03. The Balaban J connectivity index is 2.52. The second-order valence-electron chi connectivity index (χ2n) is 4.06. The molecule has 0 aromatic heterocycles. The first-order chi connectivity index (χ1) is 9.52. The van der Waals surface area contributed by atoms with Gasteiger partial charge in [-0.15, -0.1) is 0 Å². The van der Waals surface area contributed by atoms with Crippen LogP contribution in [0.15, 0.2) is 42.5 Å². The van der Waals surface area contributed by atoms with Crippen LogP contribution in [-0.2, 0) is 0 Å². The van der Waals surface area contributed by atoms with Crippen molar-refractivity contribution in [1.82, 2.24) is 0 Å². The highest BCUT2D eigenvalue weighted by Crippen LogP contribution is 2.17. The van der Waals surface area contributed by atoms with E-state index < -0.39 is 11.8 Å². The molecule has 0 amide bonds. The molecule has 0 bridgehead atoms. The van der Waals surface area contributed by atoms with Gasteiger partial charge in [-0.1, -0.05) is 17.7 Å². The summed E-state index contributed by atoms with van der Waals surface area (Å²) < 4.78 is 0. The molecule has 0 saturated carbocycles. The molecule has 20 heavy (non-hydrogen) atoms. The van der Waals surface area contributed by atoms with Gasteiger partial charge in [0, 0.05) is 21.7 Å². The van der Waals surface area contributed by atoms with Gasteiger partial charge in [-0.2, -0.15) is 0 Å². The SMILES string of the molecule is O=Cc1ccc(C(=O)O)cc1C(=O)c1ccc(Cl)cc1. The number of hydrogen-bond donors (Lipinski definition) is 1. The number of carboxylic acid groups (broad SMARTS) is 1. The van der Waals surface area contributed by atoms with Gasteiger partial charge in [-0.05, 0) is 36.4 Å². The predicted octanol–water partition coefficient (Wildman–Crippen LogP) is 3.08. The minimum absolute atomic E-state index is 0.0482. The summed E-state index contributed by atoms with van der Waals surface area (Å²) in [5, 5.41) is 9.43. The summed E-state index contributed by atoms with van der Waals surface area (Å²) in [6.45, 7) is 0. The van der Waals surface area contributed by atoms with Crippen molar-refractivity contribution in [1.29, 1.82) is 0 Å². The number of ketones is 1. The number of hydrogen-bond acceptors (Lipinski definition) is 3. The highest BCUT2D eigenvalue weighted by Gasteiger charge is 2.16. The normalized spacial score (nSPS) is 10.1. The molecule has 0 atom stereocenters. The lowest BCUT2D eigenvalue weighted by molar-refractivity contribution is 0.0696. The Bertz CT molecular complexity index is 690. The van der Waals surface area contributed by atoms with Crippen molar-refractivity contribution < 1.29 is 19.5 Å². The number of carboxylic acids is 1. The van der Waals surface area contributed by atoms with Crippen LogP contribution in [0.25, 0.3) is 0 Å². The molecule has 100 valence electrons. The molecule has 0 aliphatic carbocycles. The van der Waals surface area contributed by atoms with Gasteiger partial charge >= 0.3 is 5.97 Å². The average molecular weight is 289 g/mol. The van der Waals surface area contributed by atoms with E-state index in [9.17, 15) is 14.4 Å². The summed E-state index contributed by atoms with van der Waals surface area (Å²) in [6, 6.07) is 9.94. The van der Waals surface area contributed by atoms with E-state index in [0.717, 1.165) is 0 Å². The molecule has 0 heterocycles. The fourth-order valence-electron chi connectivity index (χ4n) is 1.75. The van der Waals surface area contributed by atoms with E-state index in [-0.39, 0.29) is 16.7 Å². The van der Waals surface area contributed by atoms with E-state index in [1.807, 2.05) is 0 Å². The van der Waals surface area contributed by atoms with Crippen LogP contribution in [-0.4, -0.2) is 23.1 Å². The molecule has 0 saturated heterocycles. The summed E-state index contributed by atoms with van der Waals surface area (Å²) in [4.78, 5) is 34.2.